The zero-order chi connectivity index (χ0) is 19.5. The fourth-order valence-corrected chi connectivity index (χ4v) is 4.11. The Balaban J connectivity index is 1.39. The summed E-state index contributed by atoms with van der Waals surface area (Å²) in [5.41, 5.74) is 2.47. The van der Waals surface area contributed by atoms with Crippen LogP contribution in [0.5, 0.6) is 0 Å². The van der Waals surface area contributed by atoms with Crippen molar-refractivity contribution in [1.82, 2.24) is 9.97 Å². The van der Waals surface area contributed by atoms with Crippen LogP contribution in [0.15, 0.2) is 53.6 Å². The topological polar surface area (TPSA) is 75.2 Å². The van der Waals surface area contributed by atoms with Crippen LogP contribution in [0, 0.1) is 6.92 Å². The zero-order valence-corrected chi connectivity index (χ0v) is 16.3. The van der Waals surface area contributed by atoms with Crippen LogP contribution in [0.3, 0.4) is 0 Å². The Morgan fingerprint density at radius 1 is 1.14 bits per heavy atom. The van der Waals surface area contributed by atoms with E-state index in [-0.39, 0.29) is 17.6 Å². The predicted molar refractivity (Wildman–Crippen MR) is 112 cm³/mol. The van der Waals surface area contributed by atoms with Crippen LogP contribution in [0.4, 0.5) is 11.4 Å². The fraction of sp³-hybridized carbons (Fsp3) is 0.238. The van der Waals surface area contributed by atoms with Crippen molar-refractivity contribution in [3.63, 3.8) is 0 Å². The van der Waals surface area contributed by atoms with Gasteiger partial charge in [-0.1, -0.05) is 30.0 Å². The molecule has 28 heavy (non-hydrogen) atoms. The van der Waals surface area contributed by atoms with Gasteiger partial charge < -0.3 is 10.2 Å². The molecule has 0 spiro atoms. The van der Waals surface area contributed by atoms with Crippen molar-refractivity contribution in [1.29, 1.82) is 0 Å². The molecule has 2 heterocycles. The van der Waals surface area contributed by atoms with Gasteiger partial charge in [0.15, 0.2) is 0 Å². The Kier molecular flexibility index (Phi) is 5.25. The number of hydrogen-bond acceptors (Lipinski definition) is 5. The summed E-state index contributed by atoms with van der Waals surface area (Å²) >= 11 is 1.40. The zero-order valence-electron chi connectivity index (χ0n) is 15.5. The monoisotopic (exact) mass is 392 g/mol. The Hall–Kier alpha value is -2.93. The molecule has 1 aliphatic heterocycles. The Labute approximate surface area is 167 Å². The maximum absolute atomic E-state index is 12.4. The molecule has 1 saturated heterocycles. The third-order valence-electron chi connectivity index (χ3n) is 4.56. The highest BCUT2D eigenvalue weighted by atomic mass is 32.2. The van der Waals surface area contributed by atoms with Gasteiger partial charge in [-0.3, -0.25) is 9.59 Å². The molecular formula is C21H20N4O2S. The van der Waals surface area contributed by atoms with Gasteiger partial charge in [-0.15, -0.1) is 0 Å². The van der Waals surface area contributed by atoms with Gasteiger partial charge in [0.25, 0.3) is 0 Å². The predicted octanol–water partition coefficient (Wildman–Crippen LogP) is 3.80. The van der Waals surface area contributed by atoms with Gasteiger partial charge in [0.05, 0.1) is 11.3 Å². The van der Waals surface area contributed by atoms with Crippen molar-refractivity contribution >= 4 is 45.9 Å². The third-order valence-corrected chi connectivity index (χ3v) is 5.55. The standard InChI is InChI=1S/C21H20N4O2S/c1-14-22-18-6-3-2-5-17(18)21(23-14)28-13-19(26)24-15-8-10-16(11-9-15)25-12-4-7-20(25)27/h2-3,5-6,8-11H,4,7,12-13H2,1H3,(H,24,26). The number of anilines is 2. The molecule has 0 bridgehead atoms. The number of aromatic nitrogens is 2. The lowest BCUT2D eigenvalue weighted by atomic mass is 10.2. The molecule has 0 aliphatic carbocycles. The smallest absolute Gasteiger partial charge is 0.234 e. The Bertz CT molecular complexity index is 1040. The second-order valence-electron chi connectivity index (χ2n) is 6.63. The number of carbonyl (C=O) groups is 2. The van der Waals surface area contributed by atoms with Crippen molar-refractivity contribution in [2.45, 2.75) is 24.8 Å². The van der Waals surface area contributed by atoms with Gasteiger partial charge in [-0.2, -0.15) is 0 Å². The van der Waals surface area contributed by atoms with E-state index in [1.165, 1.54) is 11.8 Å². The van der Waals surface area contributed by atoms with E-state index >= 15 is 0 Å². The van der Waals surface area contributed by atoms with Crippen LogP contribution in [0.2, 0.25) is 0 Å². The highest BCUT2D eigenvalue weighted by Gasteiger charge is 2.21. The van der Waals surface area contributed by atoms with Crippen LogP contribution in [-0.2, 0) is 9.59 Å². The van der Waals surface area contributed by atoms with E-state index in [1.807, 2.05) is 55.5 Å². The van der Waals surface area contributed by atoms with Gasteiger partial charge >= 0.3 is 0 Å². The molecule has 4 rings (SSSR count). The van der Waals surface area contributed by atoms with E-state index in [2.05, 4.69) is 15.3 Å². The summed E-state index contributed by atoms with van der Waals surface area (Å²) in [6.07, 6.45) is 1.50. The lowest BCUT2D eigenvalue weighted by Gasteiger charge is -2.16. The van der Waals surface area contributed by atoms with Crippen molar-refractivity contribution < 1.29 is 9.59 Å². The van der Waals surface area contributed by atoms with E-state index in [1.54, 1.807) is 4.90 Å². The van der Waals surface area contributed by atoms with Crippen LogP contribution in [-0.4, -0.2) is 34.1 Å². The molecule has 1 fully saturated rings. The molecule has 6 nitrogen and oxygen atoms in total. The van der Waals surface area contributed by atoms with Gasteiger partial charge in [0, 0.05) is 29.7 Å². The summed E-state index contributed by atoms with van der Waals surface area (Å²) in [5.74, 6) is 0.997. The van der Waals surface area contributed by atoms with Gasteiger partial charge in [0.2, 0.25) is 11.8 Å². The van der Waals surface area contributed by atoms with E-state index in [4.69, 9.17) is 0 Å². The number of hydrogen-bond donors (Lipinski definition) is 1. The molecule has 7 heteroatoms. The minimum atomic E-state index is -0.102. The average molecular weight is 392 g/mol. The second kappa shape index (κ2) is 7.98. The normalized spacial score (nSPS) is 13.9. The summed E-state index contributed by atoms with van der Waals surface area (Å²) in [7, 11) is 0. The highest BCUT2D eigenvalue weighted by Crippen LogP contribution is 2.26. The highest BCUT2D eigenvalue weighted by molar-refractivity contribution is 8.00. The Morgan fingerprint density at radius 2 is 1.93 bits per heavy atom. The molecule has 0 atom stereocenters. The largest absolute Gasteiger partial charge is 0.325 e. The van der Waals surface area contributed by atoms with E-state index in [0.29, 0.717) is 17.9 Å². The van der Waals surface area contributed by atoms with Crippen molar-refractivity contribution in [2.24, 2.45) is 0 Å². The van der Waals surface area contributed by atoms with Crippen LogP contribution in [0.25, 0.3) is 10.9 Å². The molecule has 2 amide bonds. The molecule has 0 radical (unpaired) electrons. The number of nitrogens with zero attached hydrogens (tertiary/aromatic N) is 3. The van der Waals surface area contributed by atoms with Crippen molar-refractivity contribution in [3.05, 3.63) is 54.4 Å². The van der Waals surface area contributed by atoms with Gasteiger partial charge in [0.1, 0.15) is 10.9 Å². The first-order chi connectivity index (χ1) is 13.6. The minimum Gasteiger partial charge on any atom is -0.325 e. The number of thioether (sulfide) groups is 1. The van der Waals surface area contributed by atoms with E-state index in [0.717, 1.165) is 34.6 Å². The van der Waals surface area contributed by atoms with Crippen molar-refractivity contribution in [3.8, 4) is 0 Å². The summed E-state index contributed by atoms with van der Waals surface area (Å²) in [6, 6.07) is 15.2. The number of rotatable bonds is 5. The molecule has 0 saturated carbocycles. The SMILES string of the molecule is Cc1nc(SCC(=O)Nc2ccc(N3CCCC3=O)cc2)c2ccccc2n1. The molecule has 3 aromatic rings. The van der Waals surface area contributed by atoms with E-state index in [9.17, 15) is 9.59 Å². The summed E-state index contributed by atoms with van der Waals surface area (Å²) in [4.78, 5) is 34.9. The molecule has 1 N–H and O–H groups in total. The van der Waals surface area contributed by atoms with Crippen LogP contribution >= 0.6 is 11.8 Å². The Morgan fingerprint density at radius 3 is 2.68 bits per heavy atom. The minimum absolute atomic E-state index is 0.102. The van der Waals surface area contributed by atoms with Gasteiger partial charge in [-0.05, 0) is 43.7 Å². The number of benzene rings is 2. The molecular weight excluding hydrogens is 372 g/mol. The number of carbonyl (C=O) groups excluding carboxylic acids is 2. The number of aryl methyl sites for hydroxylation is 1. The maximum Gasteiger partial charge on any atom is 0.234 e. The first-order valence-electron chi connectivity index (χ1n) is 9.16. The summed E-state index contributed by atoms with van der Waals surface area (Å²) in [5, 5.41) is 4.65. The summed E-state index contributed by atoms with van der Waals surface area (Å²) in [6.45, 7) is 2.61. The first-order valence-corrected chi connectivity index (χ1v) is 10.2. The van der Waals surface area contributed by atoms with Crippen molar-refractivity contribution in [2.75, 3.05) is 22.5 Å². The lowest BCUT2D eigenvalue weighted by molar-refractivity contribution is -0.117. The van der Waals surface area contributed by atoms with E-state index < -0.39 is 0 Å². The molecule has 1 aromatic heterocycles. The third kappa shape index (κ3) is 3.99. The fourth-order valence-electron chi connectivity index (χ4n) is 3.25. The summed E-state index contributed by atoms with van der Waals surface area (Å²) < 4.78 is 0. The second-order valence-corrected chi connectivity index (χ2v) is 7.59. The van der Waals surface area contributed by atoms with Crippen LogP contribution in [0.1, 0.15) is 18.7 Å². The number of fused-ring (bicyclic) bond motifs is 1. The number of para-hydroxylation sites is 1. The lowest BCUT2D eigenvalue weighted by Crippen LogP contribution is -2.23. The van der Waals surface area contributed by atoms with Gasteiger partial charge in [-0.25, -0.2) is 9.97 Å². The molecule has 0 unspecified atom stereocenters. The molecule has 2 aromatic carbocycles. The quantitative estimate of drug-likeness (QED) is 0.528. The van der Waals surface area contributed by atoms with Crippen LogP contribution < -0.4 is 10.2 Å². The number of amides is 2. The number of nitrogens with one attached hydrogen (secondary N) is 1. The first kappa shape index (κ1) is 18.4. The molecule has 142 valence electrons. The molecule has 1 aliphatic rings. The maximum atomic E-state index is 12.4. The average Bonchev–Trinajstić information content (AvgIpc) is 3.12.